The maximum absolute atomic E-state index is 12.1. The molecule has 1 aromatic carbocycles. The van der Waals surface area contributed by atoms with Gasteiger partial charge in [-0.15, -0.1) is 0 Å². The number of para-hydroxylation sites is 1. The van der Waals surface area contributed by atoms with Gasteiger partial charge in [-0.05, 0) is 26.0 Å². The Kier molecular flexibility index (Phi) is 3.94. The van der Waals surface area contributed by atoms with Crippen LogP contribution in [0.5, 0.6) is 0 Å². The zero-order valence-electron chi connectivity index (χ0n) is 11.4. The molecule has 0 spiro atoms. The highest BCUT2D eigenvalue weighted by Gasteiger charge is 2.20. The highest BCUT2D eigenvalue weighted by Crippen LogP contribution is 2.12. The van der Waals surface area contributed by atoms with Gasteiger partial charge in [0.2, 0.25) is 10.0 Å². The molecule has 0 radical (unpaired) electrons. The third-order valence-electron chi connectivity index (χ3n) is 2.61. The molecular weight excluding hydrogens is 276 g/mol. The van der Waals surface area contributed by atoms with Crippen LogP contribution in [0.3, 0.4) is 0 Å². The van der Waals surface area contributed by atoms with Crippen LogP contribution in [0.1, 0.15) is 13.8 Å². The number of hydrogen-bond donors (Lipinski definition) is 2. The predicted octanol–water partition coefficient (Wildman–Crippen LogP) is 0.888. The fourth-order valence-corrected chi connectivity index (χ4v) is 2.68. The molecule has 0 unspecified atom stereocenters. The van der Waals surface area contributed by atoms with E-state index in [1.165, 1.54) is 17.1 Å². The average Bonchev–Trinajstić information content (AvgIpc) is 2.87. The fraction of sp³-hybridized carbons (Fsp3) is 0.308. The van der Waals surface area contributed by atoms with Gasteiger partial charge in [-0.3, -0.25) is 0 Å². The monoisotopic (exact) mass is 294 g/mol. The molecule has 0 atom stereocenters. The zero-order chi connectivity index (χ0) is 14.8. The molecule has 0 saturated heterocycles. The fourth-order valence-electron chi connectivity index (χ4n) is 1.53. The van der Waals surface area contributed by atoms with E-state index in [4.69, 9.17) is 5.73 Å². The van der Waals surface area contributed by atoms with E-state index >= 15 is 0 Å². The van der Waals surface area contributed by atoms with Crippen LogP contribution in [-0.4, -0.2) is 30.3 Å². The molecule has 0 aliphatic heterocycles. The van der Waals surface area contributed by atoms with E-state index < -0.39 is 15.6 Å². The lowest BCUT2D eigenvalue weighted by atomic mass is 10.1. The standard InChI is InChI=1S/C13H18N4O2S/c1-13(2,14)10-16-20(18,19)12-8-15-17(9-12)11-6-4-3-5-7-11/h3-9,16H,10,14H2,1-2H3. The van der Waals surface area contributed by atoms with Crippen LogP contribution in [0.25, 0.3) is 5.69 Å². The minimum Gasteiger partial charge on any atom is -0.324 e. The summed E-state index contributed by atoms with van der Waals surface area (Å²) in [6.45, 7) is 3.66. The molecule has 0 fully saturated rings. The smallest absolute Gasteiger partial charge is 0.243 e. The third-order valence-corrected chi connectivity index (χ3v) is 3.96. The van der Waals surface area contributed by atoms with Crippen LogP contribution in [0.15, 0.2) is 47.6 Å². The zero-order valence-corrected chi connectivity index (χ0v) is 12.3. The van der Waals surface area contributed by atoms with Gasteiger partial charge >= 0.3 is 0 Å². The normalized spacial score (nSPS) is 12.6. The van der Waals surface area contributed by atoms with Gasteiger partial charge in [-0.25, -0.2) is 17.8 Å². The molecule has 0 amide bonds. The van der Waals surface area contributed by atoms with Gasteiger partial charge in [0.25, 0.3) is 0 Å². The van der Waals surface area contributed by atoms with Crippen molar-refractivity contribution in [2.24, 2.45) is 5.73 Å². The van der Waals surface area contributed by atoms with Crippen molar-refractivity contribution in [1.82, 2.24) is 14.5 Å². The Labute approximate surface area is 118 Å². The van der Waals surface area contributed by atoms with Gasteiger partial charge in [-0.1, -0.05) is 18.2 Å². The first-order chi connectivity index (χ1) is 9.28. The van der Waals surface area contributed by atoms with Crippen LogP contribution >= 0.6 is 0 Å². The molecule has 6 nitrogen and oxygen atoms in total. The lowest BCUT2D eigenvalue weighted by molar-refractivity contribution is 0.498. The summed E-state index contributed by atoms with van der Waals surface area (Å²) in [6, 6.07) is 9.30. The minimum atomic E-state index is -3.59. The van der Waals surface area contributed by atoms with E-state index in [-0.39, 0.29) is 11.4 Å². The number of aromatic nitrogens is 2. The largest absolute Gasteiger partial charge is 0.324 e. The first-order valence-electron chi connectivity index (χ1n) is 6.17. The van der Waals surface area contributed by atoms with Crippen LogP contribution in [0.4, 0.5) is 0 Å². The van der Waals surface area contributed by atoms with Crippen LogP contribution < -0.4 is 10.5 Å². The first kappa shape index (κ1) is 14.7. The molecular formula is C13H18N4O2S. The summed E-state index contributed by atoms with van der Waals surface area (Å²) in [4.78, 5) is 0.116. The van der Waals surface area contributed by atoms with E-state index in [2.05, 4.69) is 9.82 Å². The number of nitrogens with one attached hydrogen (secondary N) is 1. The average molecular weight is 294 g/mol. The van der Waals surface area contributed by atoms with Gasteiger partial charge in [-0.2, -0.15) is 5.10 Å². The molecule has 3 N–H and O–H groups in total. The van der Waals surface area contributed by atoms with Crippen molar-refractivity contribution >= 4 is 10.0 Å². The van der Waals surface area contributed by atoms with E-state index in [0.717, 1.165) is 5.69 Å². The van der Waals surface area contributed by atoms with Crippen molar-refractivity contribution < 1.29 is 8.42 Å². The molecule has 1 aromatic heterocycles. The van der Waals surface area contributed by atoms with Crippen molar-refractivity contribution in [3.05, 3.63) is 42.7 Å². The summed E-state index contributed by atoms with van der Waals surface area (Å²) in [5.41, 5.74) is 5.96. The van der Waals surface area contributed by atoms with E-state index in [0.29, 0.717) is 0 Å². The van der Waals surface area contributed by atoms with E-state index in [9.17, 15) is 8.42 Å². The topological polar surface area (TPSA) is 90.0 Å². The summed E-state index contributed by atoms with van der Waals surface area (Å²) in [5.74, 6) is 0. The summed E-state index contributed by atoms with van der Waals surface area (Å²) in [5, 5.41) is 4.06. The molecule has 1 heterocycles. The van der Waals surface area contributed by atoms with Crippen molar-refractivity contribution in [3.8, 4) is 5.69 Å². The van der Waals surface area contributed by atoms with Gasteiger partial charge in [0.15, 0.2) is 0 Å². The maximum atomic E-state index is 12.1. The minimum absolute atomic E-state index is 0.116. The maximum Gasteiger partial charge on any atom is 0.243 e. The first-order valence-corrected chi connectivity index (χ1v) is 7.65. The van der Waals surface area contributed by atoms with Crippen molar-refractivity contribution in [2.45, 2.75) is 24.3 Å². The quantitative estimate of drug-likeness (QED) is 0.857. The van der Waals surface area contributed by atoms with Crippen molar-refractivity contribution in [1.29, 1.82) is 0 Å². The lowest BCUT2D eigenvalue weighted by Gasteiger charge is -2.18. The molecule has 20 heavy (non-hydrogen) atoms. The lowest BCUT2D eigenvalue weighted by Crippen LogP contribution is -2.44. The predicted molar refractivity (Wildman–Crippen MR) is 77.0 cm³/mol. The number of rotatable bonds is 5. The Balaban J connectivity index is 2.20. The van der Waals surface area contributed by atoms with Gasteiger partial charge in [0, 0.05) is 12.1 Å². The number of hydrogen-bond acceptors (Lipinski definition) is 4. The summed E-state index contributed by atoms with van der Waals surface area (Å²) >= 11 is 0. The molecule has 108 valence electrons. The highest BCUT2D eigenvalue weighted by atomic mass is 32.2. The summed E-state index contributed by atoms with van der Waals surface area (Å²) in [6.07, 6.45) is 2.79. The van der Waals surface area contributed by atoms with Gasteiger partial charge < -0.3 is 5.73 Å². The number of benzene rings is 1. The summed E-state index contributed by atoms with van der Waals surface area (Å²) < 4.78 is 28.2. The van der Waals surface area contributed by atoms with E-state index in [1.54, 1.807) is 13.8 Å². The SMILES string of the molecule is CC(C)(N)CNS(=O)(=O)c1cnn(-c2ccccc2)c1. The van der Waals surface area contributed by atoms with E-state index in [1.807, 2.05) is 30.3 Å². The van der Waals surface area contributed by atoms with Crippen LogP contribution in [-0.2, 0) is 10.0 Å². The molecule has 0 aliphatic carbocycles. The molecule has 0 bridgehead atoms. The second-order valence-electron chi connectivity index (χ2n) is 5.27. The van der Waals surface area contributed by atoms with Crippen molar-refractivity contribution in [2.75, 3.05) is 6.54 Å². The Morgan fingerprint density at radius 1 is 1.30 bits per heavy atom. The Morgan fingerprint density at radius 3 is 2.55 bits per heavy atom. The Hall–Kier alpha value is -1.70. The molecule has 0 saturated carbocycles. The second kappa shape index (κ2) is 5.35. The van der Waals surface area contributed by atoms with Crippen molar-refractivity contribution in [3.63, 3.8) is 0 Å². The molecule has 0 aliphatic rings. The Morgan fingerprint density at radius 2 is 1.95 bits per heavy atom. The second-order valence-corrected chi connectivity index (χ2v) is 7.04. The van der Waals surface area contributed by atoms with Crippen LogP contribution in [0.2, 0.25) is 0 Å². The number of sulfonamides is 1. The molecule has 7 heteroatoms. The number of nitrogens with two attached hydrogens (primary N) is 1. The van der Waals surface area contributed by atoms with Crippen LogP contribution in [0, 0.1) is 0 Å². The number of nitrogens with zero attached hydrogens (tertiary/aromatic N) is 2. The third kappa shape index (κ3) is 3.66. The molecule has 2 aromatic rings. The molecule has 2 rings (SSSR count). The van der Waals surface area contributed by atoms with Gasteiger partial charge in [0.05, 0.1) is 18.1 Å². The van der Waals surface area contributed by atoms with Gasteiger partial charge in [0.1, 0.15) is 4.90 Å². The summed E-state index contributed by atoms with van der Waals surface area (Å²) in [7, 11) is -3.59. The Bertz CT molecular complexity index is 672. The highest BCUT2D eigenvalue weighted by molar-refractivity contribution is 7.89.